The van der Waals surface area contributed by atoms with Crippen molar-refractivity contribution < 1.29 is 22.7 Å². The maximum Gasteiger partial charge on any atom is 0.244 e. The highest BCUT2D eigenvalue weighted by molar-refractivity contribution is 7.92. The number of hydrogen-bond donors (Lipinski definition) is 1. The Morgan fingerprint density at radius 3 is 2.26 bits per heavy atom. The zero-order valence-electron chi connectivity index (χ0n) is 21.7. The molecule has 8 nitrogen and oxygen atoms in total. The zero-order valence-corrected chi connectivity index (χ0v) is 22.5. The number of sulfonamides is 1. The highest BCUT2D eigenvalue weighted by Crippen LogP contribution is 2.31. The number of hydrogen-bond acceptors (Lipinski definition) is 5. The molecule has 1 unspecified atom stereocenters. The molecule has 2 aromatic carbocycles. The number of amides is 2. The fourth-order valence-electron chi connectivity index (χ4n) is 3.63. The monoisotopic (exact) mass is 503 g/mol. The molecule has 0 aliphatic rings. The van der Waals surface area contributed by atoms with Gasteiger partial charge in [0.15, 0.2) is 0 Å². The molecule has 192 valence electrons. The predicted octanol–water partition coefficient (Wildman–Crippen LogP) is 3.27. The van der Waals surface area contributed by atoms with Crippen molar-refractivity contribution >= 4 is 27.5 Å². The maximum atomic E-state index is 13.6. The van der Waals surface area contributed by atoms with Gasteiger partial charge in [0.25, 0.3) is 0 Å². The summed E-state index contributed by atoms with van der Waals surface area (Å²) in [4.78, 5) is 27.9. The molecule has 0 saturated heterocycles. The minimum absolute atomic E-state index is 0.166. The van der Waals surface area contributed by atoms with Gasteiger partial charge < -0.3 is 15.0 Å². The van der Waals surface area contributed by atoms with Gasteiger partial charge in [-0.05, 0) is 49.9 Å². The molecular formula is C26H37N3O5S. The predicted molar refractivity (Wildman–Crippen MR) is 139 cm³/mol. The van der Waals surface area contributed by atoms with Crippen LogP contribution in [0.25, 0.3) is 0 Å². The van der Waals surface area contributed by atoms with E-state index in [4.69, 9.17) is 4.74 Å². The normalized spacial score (nSPS) is 12.2. The summed E-state index contributed by atoms with van der Waals surface area (Å²) in [6.45, 7) is 9.58. The van der Waals surface area contributed by atoms with Gasteiger partial charge in [-0.3, -0.25) is 13.9 Å². The van der Waals surface area contributed by atoms with Crippen LogP contribution in [0.15, 0.2) is 42.5 Å². The summed E-state index contributed by atoms with van der Waals surface area (Å²) in [6, 6.07) is 12.0. The molecule has 0 spiro atoms. The molecule has 0 saturated carbocycles. The number of ether oxygens (including phenoxy) is 1. The average molecular weight is 504 g/mol. The van der Waals surface area contributed by atoms with E-state index >= 15 is 0 Å². The Morgan fingerprint density at radius 1 is 1.03 bits per heavy atom. The maximum absolute atomic E-state index is 13.6. The third-order valence-electron chi connectivity index (χ3n) is 5.57. The van der Waals surface area contributed by atoms with Crippen molar-refractivity contribution in [2.24, 2.45) is 5.92 Å². The van der Waals surface area contributed by atoms with E-state index < -0.39 is 28.5 Å². The van der Waals surface area contributed by atoms with Crippen LogP contribution < -0.4 is 14.4 Å². The number of carbonyl (C=O) groups excluding carboxylic acids is 2. The molecule has 35 heavy (non-hydrogen) atoms. The second kappa shape index (κ2) is 12.1. The SMILES string of the molecule is COc1ccc(C)cc1N(CC(=O)N(Cc1cccc(C)c1)C(C)C(=O)NCC(C)C)S(C)(=O)=O. The van der Waals surface area contributed by atoms with E-state index in [1.807, 2.05) is 52.0 Å². The Bertz CT molecular complexity index is 1150. The number of nitrogens with one attached hydrogen (secondary N) is 1. The van der Waals surface area contributed by atoms with E-state index in [9.17, 15) is 18.0 Å². The van der Waals surface area contributed by atoms with E-state index in [2.05, 4.69) is 5.32 Å². The van der Waals surface area contributed by atoms with Gasteiger partial charge in [-0.25, -0.2) is 8.42 Å². The largest absolute Gasteiger partial charge is 0.495 e. The number of rotatable bonds is 11. The van der Waals surface area contributed by atoms with Gasteiger partial charge in [0.1, 0.15) is 18.3 Å². The van der Waals surface area contributed by atoms with Crippen molar-refractivity contribution in [1.82, 2.24) is 10.2 Å². The molecule has 0 aliphatic heterocycles. The molecule has 9 heteroatoms. The number of methoxy groups -OCH3 is 1. The molecule has 0 heterocycles. The highest BCUT2D eigenvalue weighted by atomic mass is 32.2. The van der Waals surface area contributed by atoms with Gasteiger partial charge in [0, 0.05) is 13.1 Å². The molecule has 2 rings (SSSR count). The number of nitrogens with zero attached hydrogens (tertiary/aromatic N) is 2. The zero-order chi connectivity index (χ0) is 26.3. The molecule has 0 bridgehead atoms. The number of carbonyl (C=O) groups is 2. The lowest BCUT2D eigenvalue weighted by Gasteiger charge is -2.32. The molecule has 0 radical (unpaired) electrons. The lowest BCUT2D eigenvalue weighted by atomic mass is 10.1. The second-order valence-corrected chi connectivity index (χ2v) is 11.2. The Labute approximate surface area is 209 Å². The van der Waals surface area contributed by atoms with Crippen molar-refractivity contribution in [3.8, 4) is 5.75 Å². The van der Waals surface area contributed by atoms with Crippen LogP contribution in [0.2, 0.25) is 0 Å². The highest BCUT2D eigenvalue weighted by Gasteiger charge is 2.31. The van der Waals surface area contributed by atoms with E-state index in [-0.39, 0.29) is 24.1 Å². The first-order valence-electron chi connectivity index (χ1n) is 11.6. The summed E-state index contributed by atoms with van der Waals surface area (Å²) >= 11 is 0. The van der Waals surface area contributed by atoms with E-state index in [0.717, 1.165) is 27.3 Å². The van der Waals surface area contributed by atoms with Crippen LogP contribution in [0.4, 0.5) is 5.69 Å². The van der Waals surface area contributed by atoms with E-state index in [0.29, 0.717) is 12.3 Å². The Balaban J connectivity index is 2.44. The summed E-state index contributed by atoms with van der Waals surface area (Å²) < 4.78 is 32.0. The van der Waals surface area contributed by atoms with Crippen molar-refractivity contribution in [3.05, 3.63) is 59.2 Å². The molecule has 0 fully saturated rings. The first kappa shape index (κ1) is 28.2. The lowest BCUT2D eigenvalue weighted by molar-refractivity contribution is -0.139. The first-order chi connectivity index (χ1) is 16.3. The van der Waals surface area contributed by atoms with Crippen LogP contribution in [0, 0.1) is 19.8 Å². The summed E-state index contributed by atoms with van der Waals surface area (Å²) in [6.07, 6.45) is 1.05. The van der Waals surface area contributed by atoms with Crippen molar-refractivity contribution in [2.45, 2.75) is 47.2 Å². The van der Waals surface area contributed by atoms with Crippen LogP contribution in [0.5, 0.6) is 5.75 Å². The molecule has 1 N–H and O–H groups in total. The molecule has 2 amide bonds. The lowest BCUT2D eigenvalue weighted by Crippen LogP contribution is -2.51. The smallest absolute Gasteiger partial charge is 0.244 e. The fourth-order valence-corrected chi connectivity index (χ4v) is 4.48. The van der Waals surface area contributed by atoms with Gasteiger partial charge in [0.05, 0.1) is 19.1 Å². The Kier molecular flexibility index (Phi) is 9.71. The van der Waals surface area contributed by atoms with Crippen molar-refractivity contribution in [1.29, 1.82) is 0 Å². The Morgan fingerprint density at radius 2 is 1.69 bits per heavy atom. The topological polar surface area (TPSA) is 96.0 Å². The van der Waals surface area contributed by atoms with Crippen LogP contribution >= 0.6 is 0 Å². The van der Waals surface area contributed by atoms with Crippen LogP contribution in [0.3, 0.4) is 0 Å². The molecular weight excluding hydrogens is 466 g/mol. The number of benzene rings is 2. The van der Waals surface area contributed by atoms with Crippen LogP contribution in [-0.2, 0) is 26.2 Å². The third-order valence-corrected chi connectivity index (χ3v) is 6.70. The Hall–Kier alpha value is -3.07. The summed E-state index contributed by atoms with van der Waals surface area (Å²) in [5.74, 6) is -0.199. The summed E-state index contributed by atoms with van der Waals surface area (Å²) in [7, 11) is -2.39. The number of anilines is 1. The van der Waals surface area contributed by atoms with Gasteiger partial charge in [-0.1, -0.05) is 49.7 Å². The van der Waals surface area contributed by atoms with E-state index in [1.54, 1.807) is 25.1 Å². The molecule has 2 aromatic rings. The second-order valence-electron chi connectivity index (χ2n) is 9.27. The minimum Gasteiger partial charge on any atom is -0.495 e. The summed E-state index contributed by atoms with van der Waals surface area (Å²) in [5.41, 5.74) is 2.96. The van der Waals surface area contributed by atoms with Crippen molar-refractivity contribution in [2.75, 3.05) is 30.8 Å². The first-order valence-corrected chi connectivity index (χ1v) is 13.4. The van der Waals surface area contributed by atoms with Gasteiger partial charge in [-0.15, -0.1) is 0 Å². The van der Waals surface area contributed by atoms with Gasteiger partial charge >= 0.3 is 0 Å². The van der Waals surface area contributed by atoms with Crippen molar-refractivity contribution in [3.63, 3.8) is 0 Å². The fraction of sp³-hybridized carbons (Fsp3) is 0.462. The van der Waals surface area contributed by atoms with Gasteiger partial charge in [0.2, 0.25) is 21.8 Å². The molecule has 0 aliphatic carbocycles. The number of aryl methyl sites for hydroxylation is 2. The van der Waals surface area contributed by atoms with Crippen LogP contribution in [-0.4, -0.2) is 57.6 Å². The van der Waals surface area contributed by atoms with Crippen LogP contribution in [0.1, 0.15) is 37.5 Å². The van der Waals surface area contributed by atoms with E-state index in [1.165, 1.54) is 12.0 Å². The summed E-state index contributed by atoms with van der Waals surface area (Å²) in [5, 5.41) is 2.87. The minimum atomic E-state index is -3.84. The average Bonchev–Trinajstić information content (AvgIpc) is 2.78. The molecule has 0 aromatic heterocycles. The molecule has 1 atom stereocenters. The van der Waals surface area contributed by atoms with Gasteiger partial charge in [-0.2, -0.15) is 0 Å². The quantitative estimate of drug-likeness (QED) is 0.508. The third kappa shape index (κ3) is 7.99. The standard InChI is InChI=1S/C26H37N3O5S/c1-18(2)15-27-26(31)21(5)28(16-22-10-8-9-19(3)13-22)25(30)17-29(35(7,32)33)23-14-20(4)11-12-24(23)34-6/h8-14,18,21H,15-17H2,1-7H3,(H,27,31).